The van der Waals surface area contributed by atoms with Gasteiger partial charge in [0.05, 0.1) is 11.7 Å². The second kappa shape index (κ2) is 3.94. The predicted molar refractivity (Wildman–Crippen MR) is 60.4 cm³/mol. The van der Waals surface area contributed by atoms with Crippen molar-refractivity contribution in [2.45, 2.75) is 38.4 Å². The highest BCUT2D eigenvalue weighted by molar-refractivity contribution is 5.13. The van der Waals surface area contributed by atoms with Gasteiger partial charge in [0.15, 0.2) is 0 Å². The molecule has 4 heteroatoms. The fourth-order valence-electron chi connectivity index (χ4n) is 2.48. The van der Waals surface area contributed by atoms with Gasteiger partial charge in [-0.1, -0.05) is 0 Å². The van der Waals surface area contributed by atoms with Gasteiger partial charge >= 0.3 is 0 Å². The number of likely N-dealkylation sites (tertiary alicyclic amines) is 1. The summed E-state index contributed by atoms with van der Waals surface area (Å²) in [6.07, 6.45) is 2.92. The van der Waals surface area contributed by atoms with Crippen molar-refractivity contribution in [1.29, 1.82) is 0 Å². The lowest BCUT2D eigenvalue weighted by molar-refractivity contribution is 0.191. The Morgan fingerprint density at radius 3 is 2.80 bits per heavy atom. The molecular formula is C11H20N4. The van der Waals surface area contributed by atoms with E-state index in [1.54, 1.807) is 0 Å². The van der Waals surface area contributed by atoms with Gasteiger partial charge < -0.3 is 5.73 Å². The van der Waals surface area contributed by atoms with E-state index in [1.165, 1.54) is 5.69 Å². The van der Waals surface area contributed by atoms with E-state index in [-0.39, 0.29) is 6.04 Å². The predicted octanol–water partition coefficient (Wildman–Crippen LogP) is 0.903. The molecule has 1 aromatic heterocycles. The Morgan fingerprint density at radius 1 is 1.53 bits per heavy atom. The standard InChI is InChI=1S/C11H20N4/c1-8(2)15-7-5-9(12)11(15)10-4-6-13-14(10)3/h4,6,8-9,11H,5,7,12H2,1-3H3/t9-,11-/m1/s1. The van der Waals surface area contributed by atoms with E-state index in [4.69, 9.17) is 5.73 Å². The topological polar surface area (TPSA) is 47.1 Å². The molecule has 0 radical (unpaired) electrons. The quantitative estimate of drug-likeness (QED) is 0.785. The molecule has 0 unspecified atom stereocenters. The molecule has 0 spiro atoms. The zero-order valence-electron chi connectivity index (χ0n) is 9.72. The van der Waals surface area contributed by atoms with Crippen molar-refractivity contribution in [3.63, 3.8) is 0 Å². The molecular weight excluding hydrogens is 188 g/mol. The maximum Gasteiger partial charge on any atom is 0.0673 e. The van der Waals surface area contributed by atoms with E-state index in [2.05, 4.69) is 29.9 Å². The van der Waals surface area contributed by atoms with E-state index in [1.807, 2.05) is 17.9 Å². The van der Waals surface area contributed by atoms with Crippen molar-refractivity contribution in [3.05, 3.63) is 18.0 Å². The molecule has 1 aromatic rings. The van der Waals surface area contributed by atoms with Crippen LogP contribution in [0.1, 0.15) is 32.0 Å². The average Bonchev–Trinajstić information content (AvgIpc) is 2.71. The molecule has 15 heavy (non-hydrogen) atoms. The Labute approximate surface area is 91.1 Å². The molecule has 2 N–H and O–H groups in total. The van der Waals surface area contributed by atoms with E-state index < -0.39 is 0 Å². The molecule has 0 aliphatic carbocycles. The smallest absolute Gasteiger partial charge is 0.0673 e. The van der Waals surface area contributed by atoms with Gasteiger partial charge in [-0.15, -0.1) is 0 Å². The molecule has 1 aliphatic heterocycles. The second-order valence-corrected chi connectivity index (χ2v) is 4.61. The van der Waals surface area contributed by atoms with Gasteiger partial charge in [0, 0.05) is 31.9 Å². The lowest BCUT2D eigenvalue weighted by Crippen LogP contribution is -2.37. The highest BCUT2D eigenvalue weighted by atomic mass is 15.3. The first kappa shape index (κ1) is 10.6. The Bertz CT molecular complexity index is 331. The van der Waals surface area contributed by atoms with Crippen LogP contribution in [0.3, 0.4) is 0 Å². The van der Waals surface area contributed by atoms with E-state index in [0.29, 0.717) is 12.1 Å². The van der Waals surface area contributed by atoms with Crippen LogP contribution in [0.15, 0.2) is 12.3 Å². The number of nitrogens with two attached hydrogens (primary N) is 1. The van der Waals surface area contributed by atoms with Crippen LogP contribution in [0.2, 0.25) is 0 Å². The Morgan fingerprint density at radius 2 is 2.27 bits per heavy atom. The summed E-state index contributed by atoms with van der Waals surface area (Å²) in [6.45, 7) is 5.54. The maximum atomic E-state index is 6.18. The first-order valence-corrected chi connectivity index (χ1v) is 5.60. The SMILES string of the molecule is CC(C)N1CC[C@@H](N)[C@@H]1c1ccnn1C. The van der Waals surface area contributed by atoms with E-state index in [9.17, 15) is 0 Å². The maximum absolute atomic E-state index is 6.18. The summed E-state index contributed by atoms with van der Waals surface area (Å²) in [5.74, 6) is 0. The molecule has 4 nitrogen and oxygen atoms in total. The molecule has 2 atom stereocenters. The van der Waals surface area contributed by atoms with Crippen LogP contribution in [0.25, 0.3) is 0 Å². The minimum absolute atomic E-state index is 0.239. The van der Waals surface area contributed by atoms with Gasteiger partial charge in [0.25, 0.3) is 0 Å². The van der Waals surface area contributed by atoms with Crippen LogP contribution >= 0.6 is 0 Å². The fraction of sp³-hybridized carbons (Fsp3) is 0.727. The zero-order valence-corrected chi connectivity index (χ0v) is 9.72. The van der Waals surface area contributed by atoms with Crippen LogP contribution in [0.4, 0.5) is 0 Å². The molecule has 1 aliphatic rings. The largest absolute Gasteiger partial charge is 0.326 e. The summed E-state index contributed by atoms with van der Waals surface area (Å²) in [6, 6.07) is 3.18. The zero-order chi connectivity index (χ0) is 11.0. The summed E-state index contributed by atoms with van der Waals surface area (Å²) in [5, 5.41) is 4.22. The molecule has 2 rings (SSSR count). The Hall–Kier alpha value is -0.870. The second-order valence-electron chi connectivity index (χ2n) is 4.61. The minimum atomic E-state index is 0.239. The molecule has 0 aromatic carbocycles. The highest BCUT2D eigenvalue weighted by Crippen LogP contribution is 2.32. The lowest BCUT2D eigenvalue weighted by atomic mass is 10.1. The number of nitrogens with zero attached hydrogens (tertiary/aromatic N) is 3. The third-order valence-electron chi connectivity index (χ3n) is 3.31. The number of rotatable bonds is 2. The summed E-state index contributed by atoms with van der Waals surface area (Å²) in [4.78, 5) is 2.46. The van der Waals surface area contributed by atoms with Crippen LogP contribution in [0, 0.1) is 0 Å². The van der Waals surface area contributed by atoms with Crippen molar-refractivity contribution in [1.82, 2.24) is 14.7 Å². The third kappa shape index (κ3) is 1.79. The Kier molecular flexibility index (Phi) is 2.80. The number of hydrogen-bond donors (Lipinski definition) is 1. The van der Waals surface area contributed by atoms with Crippen molar-refractivity contribution < 1.29 is 0 Å². The molecule has 1 saturated heterocycles. The van der Waals surface area contributed by atoms with Gasteiger partial charge in [-0.2, -0.15) is 5.10 Å². The van der Waals surface area contributed by atoms with E-state index in [0.717, 1.165) is 13.0 Å². The van der Waals surface area contributed by atoms with Crippen molar-refractivity contribution >= 4 is 0 Å². The van der Waals surface area contributed by atoms with Gasteiger partial charge in [0.1, 0.15) is 0 Å². The summed E-state index contributed by atoms with van der Waals surface area (Å²) in [7, 11) is 1.98. The number of aromatic nitrogens is 2. The normalized spacial score (nSPS) is 27.8. The van der Waals surface area contributed by atoms with Crippen molar-refractivity contribution in [2.24, 2.45) is 12.8 Å². The van der Waals surface area contributed by atoms with Crippen LogP contribution in [0.5, 0.6) is 0 Å². The first-order valence-electron chi connectivity index (χ1n) is 5.60. The van der Waals surface area contributed by atoms with E-state index >= 15 is 0 Å². The molecule has 84 valence electrons. The van der Waals surface area contributed by atoms with Crippen molar-refractivity contribution in [3.8, 4) is 0 Å². The summed E-state index contributed by atoms with van der Waals surface area (Å²) < 4.78 is 1.94. The van der Waals surface area contributed by atoms with Crippen LogP contribution in [-0.4, -0.2) is 33.3 Å². The average molecular weight is 208 g/mol. The first-order chi connectivity index (χ1) is 7.11. The molecule has 2 heterocycles. The van der Waals surface area contributed by atoms with Crippen LogP contribution in [-0.2, 0) is 7.05 Å². The summed E-state index contributed by atoms with van der Waals surface area (Å²) >= 11 is 0. The minimum Gasteiger partial charge on any atom is -0.326 e. The van der Waals surface area contributed by atoms with Crippen LogP contribution < -0.4 is 5.73 Å². The molecule has 0 amide bonds. The van der Waals surface area contributed by atoms with Gasteiger partial charge in [-0.25, -0.2) is 0 Å². The number of aryl methyl sites for hydroxylation is 1. The Balaban J connectivity index is 2.29. The fourth-order valence-corrected chi connectivity index (χ4v) is 2.48. The van der Waals surface area contributed by atoms with Crippen molar-refractivity contribution in [2.75, 3.05) is 6.54 Å². The summed E-state index contributed by atoms with van der Waals surface area (Å²) in [5.41, 5.74) is 7.41. The van der Waals surface area contributed by atoms with Gasteiger partial charge in [-0.3, -0.25) is 9.58 Å². The van der Waals surface area contributed by atoms with Gasteiger partial charge in [-0.05, 0) is 26.3 Å². The molecule has 1 fully saturated rings. The third-order valence-corrected chi connectivity index (χ3v) is 3.31. The highest BCUT2D eigenvalue weighted by Gasteiger charge is 2.35. The lowest BCUT2D eigenvalue weighted by Gasteiger charge is -2.30. The molecule has 0 saturated carbocycles. The molecule has 0 bridgehead atoms. The van der Waals surface area contributed by atoms with Gasteiger partial charge in [0.2, 0.25) is 0 Å². The monoisotopic (exact) mass is 208 g/mol. The number of hydrogen-bond acceptors (Lipinski definition) is 3.